The fourth-order valence-electron chi connectivity index (χ4n) is 1.94. The van der Waals surface area contributed by atoms with Crippen LogP contribution in [0, 0.1) is 0 Å². The molecule has 0 aliphatic rings. The average Bonchev–Trinajstić information content (AvgIpc) is 2.52. The Morgan fingerprint density at radius 3 is 2.35 bits per heavy atom. The number of carbonyl (C=O) groups is 1. The Morgan fingerprint density at radius 1 is 1.00 bits per heavy atom. The summed E-state index contributed by atoms with van der Waals surface area (Å²) in [6.45, 7) is 0.647. The Bertz CT molecular complexity index is 538. The summed E-state index contributed by atoms with van der Waals surface area (Å²) in [5, 5.41) is 11.6. The zero-order chi connectivity index (χ0) is 14.2. The predicted molar refractivity (Wildman–Crippen MR) is 78.9 cm³/mol. The van der Waals surface area contributed by atoms with Gasteiger partial charge in [-0.3, -0.25) is 15.5 Å². The summed E-state index contributed by atoms with van der Waals surface area (Å²) in [6.07, 6.45) is 1.86. The van der Waals surface area contributed by atoms with Crippen LogP contribution < -0.4 is 10.8 Å². The van der Waals surface area contributed by atoms with Crippen LogP contribution in [0.2, 0.25) is 0 Å². The summed E-state index contributed by atoms with van der Waals surface area (Å²) in [4.78, 5) is 11.9. The second-order valence-corrected chi connectivity index (χ2v) is 4.53. The van der Waals surface area contributed by atoms with Crippen LogP contribution in [0.5, 0.6) is 0 Å². The van der Waals surface area contributed by atoms with Crippen molar-refractivity contribution in [1.82, 2.24) is 5.32 Å². The van der Waals surface area contributed by atoms with Gasteiger partial charge in [0.25, 0.3) is 5.91 Å². The van der Waals surface area contributed by atoms with Gasteiger partial charge in [0.1, 0.15) is 0 Å². The van der Waals surface area contributed by atoms with Gasteiger partial charge in [-0.15, -0.1) is 0 Å². The third-order valence-corrected chi connectivity index (χ3v) is 3.05. The van der Waals surface area contributed by atoms with Crippen molar-refractivity contribution in [3.8, 4) is 0 Å². The van der Waals surface area contributed by atoms with Crippen molar-refractivity contribution in [1.29, 1.82) is 0 Å². The lowest BCUT2D eigenvalue weighted by atomic mass is 10.1. The predicted octanol–water partition coefficient (Wildman–Crippen LogP) is 2.85. The lowest BCUT2D eigenvalue weighted by Gasteiger charge is -2.06. The minimum atomic E-state index is -0.0949. The van der Waals surface area contributed by atoms with Gasteiger partial charge in [-0.2, -0.15) is 0 Å². The third-order valence-electron chi connectivity index (χ3n) is 3.05. The van der Waals surface area contributed by atoms with E-state index in [-0.39, 0.29) is 5.91 Å². The first-order valence-corrected chi connectivity index (χ1v) is 6.62. The molecule has 0 fully saturated rings. The number of hydrogen-bond acceptors (Lipinski definition) is 3. The highest BCUT2D eigenvalue weighted by Gasteiger charge is 2.04. The molecule has 0 saturated heterocycles. The first-order chi connectivity index (χ1) is 9.79. The molecular weight excluding hydrogens is 252 g/mol. The molecule has 0 bridgehead atoms. The summed E-state index contributed by atoms with van der Waals surface area (Å²) in [5.74, 6) is -0.0949. The Hall–Kier alpha value is -2.33. The average molecular weight is 270 g/mol. The van der Waals surface area contributed by atoms with Gasteiger partial charge in [-0.1, -0.05) is 30.3 Å². The maximum absolute atomic E-state index is 11.9. The second-order valence-electron chi connectivity index (χ2n) is 4.53. The van der Waals surface area contributed by atoms with Crippen molar-refractivity contribution in [3.63, 3.8) is 0 Å². The van der Waals surface area contributed by atoms with E-state index in [1.165, 1.54) is 5.56 Å². The molecule has 104 valence electrons. The molecule has 0 saturated carbocycles. The molecule has 2 rings (SSSR count). The summed E-state index contributed by atoms with van der Waals surface area (Å²) in [7, 11) is 0. The van der Waals surface area contributed by atoms with Crippen LogP contribution in [0.15, 0.2) is 54.6 Å². The van der Waals surface area contributed by atoms with Gasteiger partial charge in [-0.25, -0.2) is 0 Å². The van der Waals surface area contributed by atoms with E-state index in [1.54, 1.807) is 24.3 Å². The number of rotatable bonds is 6. The number of nitrogens with one attached hydrogen (secondary N) is 2. The van der Waals surface area contributed by atoms with Crippen LogP contribution in [-0.2, 0) is 6.42 Å². The van der Waals surface area contributed by atoms with E-state index < -0.39 is 0 Å². The number of anilines is 1. The zero-order valence-corrected chi connectivity index (χ0v) is 11.2. The van der Waals surface area contributed by atoms with Crippen molar-refractivity contribution in [3.05, 3.63) is 65.7 Å². The van der Waals surface area contributed by atoms with Gasteiger partial charge in [0.2, 0.25) is 0 Å². The van der Waals surface area contributed by atoms with E-state index in [4.69, 9.17) is 5.21 Å². The van der Waals surface area contributed by atoms with E-state index >= 15 is 0 Å². The second kappa shape index (κ2) is 7.31. The maximum atomic E-state index is 11.9. The molecule has 0 atom stereocenters. The van der Waals surface area contributed by atoms with Crippen LogP contribution in [0.4, 0.5) is 5.69 Å². The number of benzene rings is 2. The molecule has 3 N–H and O–H groups in total. The van der Waals surface area contributed by atoms with E-state index in [2.05, 4.69) is 17.4 Å². The van der Waals surface area contributed by atoms with Crippen molar-refractivity contribution in [2.45, 2.75) is 12.8 Å². The van der Waals surface area contributed by atoms with E-state index in [0.29, 0.717) is 17.8 Å². The molecular formula is C16H18N2O2. The van der Waals surface area contributed by atoms with E-state index in [9.17, 15) is 4.79 Å². The maximum Gasteiger partial charge on any atom is 0.251 e. The largest absolute Gasteiger partial charge is 0.352 e. The molecule has 0 aromatic heterocycles. The standard InChI is InChI=1S/C16H18N2O2/c19-16(14-8-10-15(18-20)11-9-14)17-12-4-7-13-5-2-1-3-6-13/h1-3,5-6,8-11,18,20H,4,7,12H2,(H,17,19). The zero-order valence-electron chi connectivity index (χ0n) is 11.2. The lowest BCUT2D eigenvalue weighted by Crippen LogP contribution is -2.24. The first-order valence-electron chi connectivity index (χ1n) is 6.62. The SMILES string of the molecule is O=C(NCCCc1ccccc1)c1ccc(NO)cc1. The molecule has 2 aromatic rings. The fourth-order valence-corrected chi connectivity index (χ4v) is 1.94. The monoisotopic (exact) mass is 270 g/mol. The highest BCUT2D eigenvalue weighted by molar-refractivity contribution is 5.94. The molecule has 0 spiro atoms. The third kappa shape index (κ3) is 4.10. The Balaban J connectivity index is 1.74. The van der Waals surface area contributed by atoms with Crippen LogP contribution >= 0.6 is 0 Å². The molecule has 0 aliphatic carbocycles. The Morgan fingerprint density at radius 2 is 1.70 bits per heavy atom. The van der Waals surface area contributed by atoms with E-state index in [0.717, 1.165) is 12.8 Å². The minimum absolute atomic E-state index is 0.0949. The van der Waals surface area contributed by atoms with Crippen molar-refractivity contribution in [2.24, 2.45) is 0 Å². The topological polar surface area (TPSA) is 61.4 Å². The van der Waals surface area contributed by atoms with Crippen molar-refractivity contribution in [2.75, 3.05) is 12.0 Å². The lowest BCUT2D eigenvalue weighted by molar-refractivity contribution is 0.0953. The quantitative estimate of drug-likeness (QED) is 0.558. The number of aryl methyl sites for hydroxylation is 1. The summed E-state index contributed by atoms with van der Waals surface area (Å²) < 4.78 is 0. The van der Waals surface area contributed by atoms with Crippen LogP contribution in [0.3, 0.4) is 0 Å². The summed E-state index contributed by atoms with van der Waals surface area (Å²) in [5.41, 5.74) is 4.46. The molecule has 0 radical (unpaired) electrons. The Kier molecular flexibility index (Phi) is 5.15. The van der Waals surface area contributed by atoms with Gasteiger partial charge >= 0.3 is 0 Å². The van der Waals surface area contributed by atoms with Crippen LogP contribution in [0.25, 0.3) is 0 Å². The highest BCUT2D eigenvalue weighted by atomic mass is 16.5. The number of carbonyl (C=O) groups excluding carboxylic acids is 1. The molecule has 4 heteroatoms. The van der Waals surface area contributed by atoms with Gasteiger partial charge in [0.15, 0.2) is 0 Å². The van der Waals surface area contributed by atoms with Gasteiger partial charge < -0.3 is 5.32 Å². The smallest absolute Gasteiger partial charge is 0.251 e. The number of hydrogen-bond donors (Lipinski definition) is 3. The van der Waals surface area contributed by atoms with Gasteiger partial charge in [0, 0.05) is 12.1 Å². The molecule has 20 heavy (non-hydrogen) atoms. The van der Waals surface area contributed by atoms with Gasteiger partial charge in [0.05, 0.1) is 5.69 Å². The molecule has 0 aliphatic heterocycles. The molecule has 0 heterocycles. The molecule has 2 aromatic carbocycles. The first kappa shape index (κ1) is 14.1. The molecule has 4 nitrogen and oxygen atoms in total. The normalized spacial score (nSPS) is 10.1. The van der Waals surface area contributed by atoms with E-state index in [1.807, 2.05) is 23.7 Å². The van der Waals surface area contributed by atoms with Crippen LogP contribution in [0.1, 0.15) is 22.3 Å². The summed E-state index contributed by atoms with van der Waals surface area (Å²) in [6, 6.07) is 16.9. The fraction of sp³-hybridized carbons (Fsp3) is 0.188. The van der Waals surface area contributed by atoms with Crippen molar-refractivity contribution >= 4 is 11.6 Å². The summed E-state index contributed by atoms with van der Waals surface area (Å²) >= 11 is 0. The highest BCUT2D eigenvalue weighted by Crippen LogP contribution is 2.08. The Labute approximate surface area is 118 Å². The number of amides is 1. The van der Waals surface area contributed by atoms with Crippen molar-refractivity contribution < 1.29 is 10.0 Å². The molecule has 0 unspecified atom stereocenters. The molecule has 1 amide bonds. The minimum Gasteiger partial charge on any atom is -0.352 e. The van der Waals surface area contributed by atoms with Crippen LogP contribution in [-0.4, -0.2) is 17.7 Å². The van der Waals surface area contributed by atoms with Gasteiger partial charge in [-0.05, 0) is 42.7 Å².